The summed E-state index contributed by atoms with van der Waals surface area (Å²) in [5.41, 5.74) is 8.30. The molecule has 0 radical (unpaired) electrons. The van der Waals surface area contributed by atoms with E-state index in [-0.39, 0.29) is 5.06 Å². The molecule has 1 aromatic carbocycles. The molecule has 0 spiro atoms. The third-order valence-electron chi connectivity index (χ3n) is 2.11. The molecular formula is C8H10N2O. The zero-order chi connectivity index (χ0) is 7.84. The molecule has 0 bridgehead atoms. The molecular weight excluding hydrogens is 140 g/mol. The Morgan fingerprint density at radius 3 is 3.00 bits per heavy atom. The Kier molecular flexibility index (Phi) is 1.34. The van der Waals surface area contributed by atoms with Gasteiger partial charge in [-0.3, -0.25) is 0 Å². The van der Waals surface area contributed by atoms with Crippen molar-refractivity contribution in [3.05, 3.63) is 29.0 Å². The maximum atomic E-state index is 11.2. The molecule has 0 aliphatic carbocycles. The highest BCUT2D eigenvalue weighted by Crippen LogP contribution is 2.21. The van der Waals surface area contributed by atoms with Crippen LogP contribution in [-0.4, -0.2) is 6.54 Å². The lowest BCUT2D eigenvalue weighted by molar-refractivity contribution is -0.768. The van der Waals surface area contributed by atoms with Crippen LogP contribution in [0.2, 0.25) is 0 Å². The number of hydrogen-bond donors (Lipinski definition) is 2. The molecule has 1 aliphatic rings. The Morgan fingerprint density at radius 1 is 1.45 bits per heavy atom. The van der Waals surface area contributed by atoms with Crippen LogP contribution in [0.5, 0.6) is 0 Å². The van der Waals surface area contributed by atoms with E-state index in [4.69, 9.17) is 5.73 Å². The van der Waals surface area contributed by atoms with Gasteiger partial charge >= 0.3 is 0 Å². The molecule has 3 nitrogen and oxygen atoms in total. The lowest BCUT2D eigenvalue weighted by atomic mass is 10.1. The Labute approximate surface area is 65.0 Å². The zero-order valence-electron chi connectivity index (χ0n) is 6.13. The number of quaternary nitrogens is 1. The summed E-state index contributed by atoms with van der Waals surface area (Å²) in [6, 6.07) is 5.52. The first-order chi connectivity index (χ1) is 5.29. The van der Waals surface area contributed by atoms with Gasteiger partial charge in [-0.15, -0.1) is 0 Å². The summed E-state index contributed by atoms with van der Waals surface area (Å²) in [5, 5.41) is 11.4. The number of nitrogens with one attached hydrogen (secondary N) is 1. The molecule has 0 fully saturated rings. The third kappa shape index (κ3) is 0.895. The average molecular weight is 150 g/mol. The Morgan fingerprint density at radius 2 is 2.27 bits per heavy atom. The fourth-order valence-electron chi connectivity index (χ4n) is 1.52. The Bertz CT molecular complexity index is 285. The summed E-state index contributed by atoms with van der Waals surface area (Å²) >= 11 is 0. The number of hydroxylamine groups is 1. The minimum absolute atomic E-state index is 0.229. The van der Waals surface area contributed by atoms with Gasteiger partial charge in [0.25, 0.3) is 0 Å². The van der Waals surface area contributed by atoms with Crippen molar-refractivity contribution in [2.24, 2.45) is 0 Å². The summed E-state index contributed by atoms with van der Waals surface area (Å²) in [6.07, 6.45) is 0.820. The molecule has 3 N–H and O–H groups in total. The number of nitrogen functional groups attached to an aromatic ring is 1. The van der Waals surface area contributed by atoms with E-state index >= 15 is 0 Å². The number of rotatable bonds is 0. The van der Waals surface area contributed by atoms with Gasteiger partial charge in [-0.1, -0.05) is 6.07 Å². The van der Waals surface area contributed by atoms with Gasteiger partial charge in [0.2, 0.25) is 0 Å². The molecule has 1 heterocycles. The molecule has 3 heteroatoms. The fourth-order valence-corrected chi connectivity index (χ4v) is 1.52. The van der Waals surface area contributed by atoms with Crippen molar-refractivity contribution in [2.45, 2.75) is 6.42 Å². The molecule has 58 valence electrons. The minimum Gasteiger partial charge on any atom is -0.629 e. The summed E-state index contributed by atoms with van der Waals surface area (Å²) in [6.45, 7) is 0.629. The molecule has 1 aromatic rings. The van der Waals surface area contributed by atoms with E-state index in [1.165, 1.54) is 0 Å². The minimum atomic E-state index is 0.229. The van der Waals surface area contributed by atoms with Gasteiger partial charge in [0.15, 0.2) is 0 Å². The Hall–Kier alpha value is -1.06. The lowest BCUT2D eigenvalue weighted by Gasteiger charge is -2.14. The van der Waals surface area contributed by atoms with E-state index in [9.17, 15) is 5.21 Å². The molecule has 1 aliphatic heterocycles. The smallest absolute Gasteiger partial charge is 0.136 e. The standard InChI is InChI=1S/C8H10N2O/c9-7-2-1-3-8-6(7)4-5-10(8)11/h1-3,10H,4-5,9H2. The Balaban J connectivity index is 2.57. The topological polar surface area (TPSA) is 53.5 Å². The van der Waals surface area contributed by atoms with E-state index in [1.807, 2.05) is 18.2 Å². The first kappa shape index (κ1) is 6.64. The van der Waals surface area contributed by atoms with Crippen LogP contribution in [-0.2, 0) is 6.42 Å². The molecule has 1 unspecified atom stereocenters. The number of anilines is 1. The van der Waals surface area contributed by atoms with E-state index in [0.29, 0.717) is 6.54 Å². The molecule has 0 saturated carbocycles. The molecule has 0 saturated heterocycles. The van der Waals surface area contributed by atoms with Crippen LogP contribution >= 0.6 is 0 Å². The second-order valence-corrected chi connectivity index (χ2v) is 2.80. The van der Waals surface area contributed by atoms with Gasteiger partial charge in [-0.05, 0) is 12.1 Å². The maximum Gasteiger partial charge on any atom is 0.136 e. The largest absolute Gasteiger partial charge is 0.629 e. The van der Waals surface area contributed by atoms with E-state index in [2.05, 4.69) is 0 Å². The molecule has 11 heavy (non-hydrogen) atoms. The number of hydrogen-bond acceptors (Lipinski definition) is 2. The van der Waals surface area contributed by atoms with Crippen molar-refractivity contribution in [2.75, 3.05) is 12.3 Å². The van der Waals surface area contributed by atoms with E-state index in [0.717, 1.165) is 23.4 Å². The first-order valence-electron chi connectivity index (χ1n) is 3.69. The van der Waals surface area contributed by atoms with Crippen molar-refractivity contribution in [1.82, 2.24) is 0 Å². The van der Waals surface area contributed by atoms with Gasteiger partial charge in [0.1, 0.15) is 5.69 Å². The molecule has 1 atom stereocenters. The highest BCUT2D eigenvalue weighted by atomic mass is 16.5. The number of fused-ring (bicyclic) bond motifs is 1. The second-order valence-electron chi connectivity index (χ2n) is 2.80. The quantitative estimate of drug-likeness (QED) is 0.399. The predicted molar refractivity (Wildman–Crippen MR) is 43.4 cm³/mol. The highest BCUT2D eigenvalue weighted by Gasteiger charge is 2.19. The van der Waals surface area contributed by atoms with Gasteiger partial charge < -0.3 is 16.0 Å². The second kappa shape index (κ2) is 2.22. The maximum absolute atomic E-state index is 11.2. The number of nitrogens with two attached hydrogens (primary N) is 1. The average Bonchev–Trinajstić information content (AvgIpc) is 2.35. The van der Waals surface area contributed by atoms with Crippen LogP contribution < -0.4 is 10.8 Å². The summed E-state index contributed by atoms with van der Waals surface area (Å²) < 4.78 is 0. The molecule has 0 amide bonds. The molecule has 2 rings (SSSR count). The van der Waals surface area contributed by atoms with E-state index in [1.54, 1.807) is 0 Å². The summed E-state index contributed by atoms with van der Waals surface area (Å²) in [7, 11) is 0. The monoisotopic (exact) mass is 150 g/mol. The summed E-state index contributed by atoms with van der Waals surface area (Å²) in [4.78, 5) is 0. The van der Waals surface area contributed by atoms with Crippen LogP contribution in [0.3, 0.4) is 0 Å². The first-order valence-corrected chi connectivity index (χ1v) is 3.69. The fraction of sp³-hybridized carbons (Fsp3) is 0.250. The van der Waals surface area contributed by atoms with Gasteiger partial charge in [0, 0.05) is 17.7 Å². The van der Waals surface area contributed by atoms with Gasteiger partial charge in [-0.2, -0.15) is 0 Å². The third-order valence-corrected chi connectivity index (χ3v) is 2.11. The highest BCUT2D eigenvalue weighted by molar-refractivity contribution is 5.58. The van der Waals surface area contributed by atoms with Crippen molar-refractivity contribution < 1.29 is 5.06 Å². The van der Waals surface area contributed by atoms with Gasteiger partial charge in [-0.25, -0.2) is 0 Å². The SMILES string of the molecule is Nc1cccc2c1CC[NH+]2[O-]. The van der Waals surface area contributed by atoms with Gasteiger partial charge in [0.05, 0.1) is 6.54 Å². The number of benzene rings is 1. The van der Waals surface area contributed by atoms with Crippen molar-refractivity contribution in [3.63, 3.8) is 0 Å². The normalized spacial score (nSPS) is 21.7. The van der Waals surface area contributed by atoms with E-state index < -0.39 is 0 Å². The van der Waals surface area contributed by atoms with Crippen molar-refractivity contribution in [1.29, 1.82) is 0 Å². The molecule has 0 aromatic heterocycles. The van der Waals surface area contributed by atoms with Crippen LogP contribution in [0.15, 0.2) is 18.2 Å². The van der Waals surface area contributed by atoms with Crippen molar-refractivity contribution >= 4 is 11.4 Å². The van der Waals surface area contributed by atoms with Crippen LogP contribution in [0.25, 0.3) is 0 Å². The van der Waals surface area contributed by atoms with Crippen LogP contribution in [0.4, 0.5) is 11.4 Å². The summed E-state index contributed by atoms with van der Waals surface area (Å²) in [5.74, 6) is 0. The van der Waals surface area contributed by atoms with Crippen molar-refractivity contribution in [3.8, 4) is 0 Å². The predicted octanol–water partition coefficient (Wildman–Crippen LogP) is -0.161. The van der Waals surface area contributed by atoms with Crippen LogP contribution in [0.1, 0.15) is 5.56 Å². The lowest BCUT2D eigenvalue weighted by Crippen LogP contribution is -3.00. The van der Waals surface area contributed by atoms with Crippen LogP contribution in [0, 0.1) is 5.21 Å². The zero-order valence-corrected chi connectivity index (χ0v) is 6.13.